The Balaban J connectivity index is 0. The van der Waals surface area contributed by atoms with Crippen LogP contribution in [0.4, 0.5) is 0 Å². The first-order chi connectivity index (χ1) is 12.2. The van der Waals surface area contributed by atoms with Crippen molar-refractivity contribution in [2.24, 2.45) is 0 Å². The first-order valence-electron chi connectivity index (χ1n) is 11.2. The first kappa shape index (κ1) is 25.3. The van der Waals surface area contributed by atoms with Crippen LogP contribution in [0.3, 0.4) is 0 Å². The molecule has 0 aliphatic carbocycles. The zero-order valence-electron chi connectivity index (χ0n) is 18.5. The summed E-state index contributed by atoms with van der Waals surface area (Å²) >= 11 is -1.25. The maximum Gasteiger partial charge on any atom is -1.00 e. The molecule has 0 aromatic heterocycles. The van der Waals surface area contributed by atoms with Gasteiger partial charge >= 0.3 is 146 Å². The van der Waals surface area contributed by atoms with E-state index in [4.69, 9.17) is 4.74 Å². The minimum atomic E-state index is -1.25. The number of carbonyl (C=O) groups is 1. The third-order valence-corrected chi connectivity index (χ3v) is 13.6. The minimum Gasteiger partial charge on any atom is -1.00 e. The molecule has 0 fully saturated rings. The summed E-state index contributed by atoms with van der Waals surface area (Å²) in [6, 6.07) is 0. The van der Waals surface area contributed by atoms with Crippen LogP contribution >= 0.6 is 0 Å². The van der Waals surface area contributed by atoms with E-state index in [-0.39, 0.29) is 7.40 Å². The van der Waals surface area contributed by atoms with Gasteiger partial charge in [0.2, 0.25) is 0 Å². The quantitative estimate of drug-likeness (QED) is 0.112. The fourth-order valence-corrected chi connectivity index (χ4v) is 11.3. The van der Waals surface area contributed by atoms with Crippen LogP contribution in [0.2, 0.25) is 13.3 Å². The second-order valence-corrected chi connectivity index (χ2v) is 16.1. The van der Waals surface area contributed by atoms with E-state index in [1.165, 1.54) is 90.4 Å². The average molecular weight is 461 g/mol. The van der Waals surface area contributed by atoms with Crippen molar-refractivity contribution in [2.75, 3.05) is 6.61 Å². The second-order valence-electron chi connectivity index (χ2n) is 7.51. The fraction of sp³-hybridized carbons (Fsp3) is 0.955. The molecule has 0 atom stereocenters. The van der Waals surface area contributed by atoms with Crippen LogP contribution in [0.1, 0.15) is 112 Å². The molecule has 0 heterocycles. The van der Waals surface area contributed by atoms with Crippen LogP contribution in [0.25, 0.3) is 0 Å². The molecule has 0 N–H and O–H groups in total. The standard InChI is InChI=1S/C14H27O2.2C4H9.Sn.H/c1-3-5-6-7-8-9-10-11-12-13-14(15)16-4-2;2*1-3-4-2;;/h2-13H2,1H3;2*1,3-4H2,2H3;;/q;;;;-1. The van der Waals surface area contributed by atoms with Crippen molar-refractivity contribution in [3.8, 4) is 0 Å². The van der Waals surface area contributed by atoms with Gasteiger partial charge in [-0.3, -0.25) is 0 Å². The average Bonchev–Trinajstić information content (AvgIpc) is 2.62. The van der Waals surface area contributed by atoms with Crippen molar-refractivity contribution in [3.63, 3.8) is 0 Å². The molecule has 0 unspecified atom stereocenters. The van der Waals surface area contributed by atoms with Crippen LogP contribution in [0.5, 0.6) is 0 Å². The van der Waals surface area contributed by atoms with Gasteiger partial charge in [-0.1, -0.05) is 19.8 Å². The molecule has 0 bridgehead atoms. The van der Waals surface area contributed by atoms with Crippen molar-refractivity contribution in [2.45, 2.75) is 124 Å². The zero-order valence-corrected chi connectivity index (χ0v) is 20.4. The summed E-state index contributed by atoms with van der Waals surface area (Å²) in [6.07, 6.45) is 17.7. The number of unbranched alkanes of at least 4 members (excludes halogenated alkanes) is 10. The molecular formula is C22H46O2Sn-. The normalized spacial score (nSPS) is 11.2. The number of hydrogen-bond donors (Lipinski definition) is 0. The van der Waals surface area contributed by atoms with Crippen molar-refractivity contribution in [1.29, 1.82) is 0 Å². The summed E-state index contributed by atoms with van der Waals surface area (Å²) in [5.41, 5.74) is 0. The van der Waals surface area contributed by atoms with Crippen LogP contribution in [0, 0.1) is 0 Å². The van der Waals surface area contributed by atoms with Crippen molar-refractivity contribution < 1.29 is 11.0 Å². The zero-order chi connectivity index (χ0) is 18.6. The van der Waals surface area contributed by atoms with E-state index in [2.05, 4.69) is 20.8 Å². The third-order valence-electron chi connectivity index (χ3n) is 4.97. The van der Waals surface area contributed by atoms with E-state index in [1.54, 1.807) is 0 Å². The van der Waals surface area contributed by atoms with E-state index in [0.717, 1.165) is 13.0 Å². The summed E-state index contributed by atoms with van der Waals surface area (Å²) in [6.45, 7) is 7.55. The van der Waals surface area contributed by atoms with Gasteiger partial charge in [0.05, 0.1) is 0 Å². The Bertz CT molecular complexity index is 279. The molecule has 0 saturated heterocycles. The van der Waals surface area contributed by atoms with Crippen LogP contribution < -0.4 is 0 Å². The number of carbonyl (C=O) groups excluding carboxylic acids is 1. The fourth-order valence-electron chi connectivity index (χ4n) is 3.19. The summed E-state index contributed by atoms with van der Waals surface area (Å²) < 4.78 is 9.76. The Labute approximate surface area is 167 Å². The van der Waals surface area contributed by atoms with Gasteiger partial charge < -0.3 is 1.43 Å². The van der Waals surface area contributed by atoms with Gasteiger partial charge in [0, 0.05) is 0 Å². The van der Waals surface area contributed by atoms with E-state index in [1.807, 2.05) is 0 Å². The summed E-state index contributed by atoms with van der Waals surface area (Å²) in [5, 5.41) is 0. The molecule has 2 nitrogen and oxygen atoms in total. The molecule has 0 aliphatic rings. The molecule has 0 rings (SSSR count). The smallest absolute Gasteiger partial charge is 1.00 e. The Kier molecular flexibility index (Phi) is 20.8. The minimum absolute atomic E-state index is 0. The molecule has 0 saturated carbocycles. The van der Waals surface area contributed by atoms with Gasteiger partial charge in [-0.25, -0.2) is 0 Å². The molecule has 0 spiro atoms. The topological polar surface area (TPSA) is 26.3 Å². The molecule has 0 aromatic carbocycles. The Hall–Kier alpha value is 0.269. The molecular weight excluding hydrogens is 415 g/mol. The predicted octanol–water partition coefficient (Wildman–Crippen LogP) is 7.66. The molecule has 25 heavy (non-hydrogen) atoms. The molecule has 3 heteroatoms. The van der Waals surface area contributed by atoms with Crippen LogP contribution in [-0.4, -0.2) is 32.3 Å². The second kappa shape index (κ2) is 20.6. The van der Waals surface area contributed by atoms with Gasteiger partial charge in [-0.05, 0) is 0 Å². The maximum atomic E-state index is 11.9. The van der Waals surface area contributed by atoms with Gasteiger partial charge in [-0.15, -0.1) is 0 Å². The SMILES string of the molecule is CCCCCCCCCCCC(=O)OC[CH2][Sn]([CH2]CCC)[CH2]CCC.[H-]. The van der Waals surface area contributed by atoms with Crippen molar-refractivity contribution in [1.82, 2.24) is 0 Å². The molecule has 1 radical (unpaired) electrons. The van der Waals surface area contributed by atoms with Crippen LogP contribution in [-0.2, 0) is 9.53 Å². The Morgan fingerprint density at radius 3 is 1.68 bits per heavy atom. The monoisotopic (exact) mass is 462 g/mol. The summed E-state index contributed by atoms with van der Waals surface area (Å²) in [4.78, 5) is 11.9. The summed E-state index contributed by atoms with van der Waals surface area (Å²) in [5.74, 6) is 0.0525. The predicted molar refractivity (Wildman–Crippen MR) is 114 cm³/mol. The van der Waals surface area contributed by atoms with E-state index >= 15 is 0 Å². The number of esters is 1. The molecule has 0 aromatic rings. The molecule has 0 amide bonds. The van der Waals surface area contributed by atoms with E-state index < -0.39 is 19.8 Å². The van der Waals surface area contributed by atoms with Crippen LogP contribution in [0.15, 0.2) is 0 Å². The maximum absolute atomic E-state index is 11.9. The van der Waals surface area contributed by atoms with Gasteiger partial charge in [0.1, 0.15) is 0 Å². The Morgan fingerprint density at radius 2 is 1.16 bits per heavy atom. The van der Waals surface area contributed by atoms with Crippen molar-refractivity contribution >= 4 is 25.7 Å². The van der Waals surface area contributed by atoms with E-state index in [0.29, 0.717) is 6.42 Å². The molecule has 151 valence electrons. The Morgan fingerprint density at radius 1 is 0.680 bits per heavy atom. The van der Waals surface area contributed by atoms with E-state index in [9.17, 15) is 4.79 Å². The number of hydrogen-bond acceptors (Lipinski definition) is 2. The largest absolute Gasteiger partial charge is 1.00 e. The van der Waals surface area contributed by atoms with Crippen molar-refractivity contribution in [3.05, 3.63) is 0 Å². The first-order valence-corrected chi connectivity index (χ1v) is 17.3. The number of rotatable bonds is 19. The number of ether oxygens (including phenoxy) is 1. The molecule has 0 aliphatic heterocycles. The van der Waals surface area contributed by atoms with Gasteiger partial charge in [-0.2, -0.15) is 0 Å². The van der Waals surface area contributed by atoms with Gasteiger partial charge in [0.15, 0.2) is 0 Å². The summed E-state index contributed by atoms with van der Waals surface area (Å²) in [7, 11) is 0. The third kappa shape index (κ3) is 18.8. The van der Waals surface area contributed by atoms with Gasteiger partial charge in [0.25, 0.3) is 0 Å².